The molecule has 0 aliphatic carbocycles. The lowest BCUT2D eigenvalue weighted by atomic mass is 9.62. The summed E-state index contributed by atoms with van der Waals surface area (Å²) in [5.41, 5.74) is 5.15. The third kappa shape index (κ3) is 16.2. The zero-order valence-corrected chi connectivity index (χ0v) is 28.0. The van der Waals surface area contributed by atoms with Crippen molar-refractivity contribution in [2.24, 2.45) is 23.7 Å². The van der Waals surface area contributed by atoms with Gasteiger partial charge in [0.25, 0.3) is 0 Å². The van der Waals surface area contributed by atoms with Crippen LogP contribution in [0.4, 0.5) is 0 Å². The maximum atomic E-state index is 4.19. The van der Waals surface area contributed by atoms with Gasteiger partial charge in [-0.05, 0) is 77.8 Å². The zero-order chi connectivity index (χ0) is 30.0. The fraction of sp³-hybridized carbons (Fsp3) is 0.765. The van der Waals surface area contributed by atoms with E-state index in [1.807, 2.05) is 0 Å². The number of hydrogen-bond donors (Lipinski definition) is 0. The third-order valence-electron chi connectivity index (χ3n) is 8.80. The fourth-order valence-electron chi connectivity index (χ4n) is 4.91. The molecule has 2 nitrogen and oxygen atoms in total. The van der Waals surface area contributed by atoms with Crippen LogP contribution in [0.3, 0.4) is 0 Å². The summed E-state index contributed by atoms with van der Waals surface area (Å²) in [7, 11) is 8.83. The highest BCUT2D eigenvalue weighted by atomic mass is 15.1. The summed E-state index contributed by atoms with van der Waals surface area (Å²) in [5, 5.41) is 0. The van der Waals surface area contributed by atoms with Gasteiger partial charge in [0, 0.05) is 25.2 Å². The first-order valence-corrected chi connectivity index (χ1v) is 15.4. The van der Waals surface area contributed by atoms with Crippen LogP contribution in [0.15, 0.2) is 48.4 Å². The summed E-state index contributed by atoms with van der Waals surface area (Å²) in [5.74, 6) is 2.67. The number of allylic oxidation sites excluding steroid dienone is 2. The van der Waals surface area contributed by atoms with Crippen molar-refractivity contribution in [1.29, 1.82) is 0 Å². The first kappa shape index (κ1) is 39.2. The molecule has 0 saturated carbocycles. The lowest BCUT2D eigenvalue weighted by Gasteiger charge is -2.31. The summed E-state index contributed by atoms with van der Waals surface area (Å²) in [6.07, 6.45) is 7.09. The van der Waals surface area contributed by atoms with E-state index in [1.54, 1.807) is 0 Å². The van der Waals surface area contributed by atoms with E-state index in [2.05, 4.69) is 134 Å². The largest absolute Gasteiger partial charge is 0.300 e. The number of nitrogens with zero attached hydrogens (tertiary/aromatic N) is 2. The van der Waals surface area contributed by atoms with Crippen LogP contribution in [0.25, 0.3) is 0 Å². The van der Waals surface area contributed by atoms with E-state index in [1.165, 1.54) is 47.8 Å². The van der Waals surface area contributed by atoms with Gasteiger partial charge in [0.05, 0.1) is 0 Å². The van der Waals surface area contributed by atoms with Crippen LogP contribution in [0.5, 0.6) is 0 Å². The lowest BCUT2D eigenvalue weighted by Crippen LogP contribution is -2.35. The summed E-state index contributed by atoms with van der Waals surface area (Å²) in [6, 6.07) is 0.949. The van der Waals surface area contributed by atoms with Crippen molar-refractivity contribution in [1.82, 2.24) is 9.80 Å². The number of rotatable bonds is 20. The van der Waals surface area contributed by atoms with Crippen LogP contribution >= 0.6 is 0 Å². The molecule has 218 valence electrons. The zero-order valence-electron chi connectivity index (χ0n) is 28.0. The van der Waals surface area contributed by atoms with E-state index < -0.39 is 0 Å². The molecule has 0 aromatic rings. The summed E-state index contributed by atoms with van der Waals surface area (Å²) in [4.78, 5) is 4.88. The number of likely N-dealkylation sites (N-methyl/N-ethyl adjacent to an activating group) is 2. The van der Waals surface area contributed by atoms with Gasteiger partial charge in [-0.15, -0.1) is 24.1 Å². The molecular formula is C34H66B2N2. The first-order valence-electron chi connectivity index (χ1n) is 15.4. The second-order valence-electron chi connectivity index (χ2n) is 12.0. The van der Waals surface area contributed by atoms with Gasteiger partial charge in [0.2, 0.25) is 0 Å². The lowest BCUT2D eigenvalue weighted by molar-refractivity contribution is 0.220. The minimum Gasteiger partial charge on any atom is -0.300 e. The predicted molar refractivity (Wildman–Crippen MR) is 180 cm³/mol. The van der Waals surface area contributed by atoms with Crippen LogP contribution in [0, 0.1) is 23.7 Å². The predicted octanol–water partition coefficient (Wildman–Crippen LogP) is 9.18. The normalized spacial score (nSPS) is 15.9. The molecule has 2 radical (unpaired) electrons. The minimum absolute atomic E-state index is 0.467. The Balaban J connectivity index is 0. The standard InChI is InChI=1S/2C17H33BN/c1-9-13(3)16(6)19(8)12-17(10-2)11-14(4)15(5)18-7;1-9-17(11-14(5)15(6)18-10-2)12-19(8)16(7)13(3)4/h14,16-17H,3,5,9-12H2,1-2,4,6-8H3;14,16-17H,3,6,9-12H2,1-2,4-5,7-8H3. The molecular weight excluding hydrogens is 458 g/mol. The van der Waals surface area contributed by atoms with Crippen LogP contribution in [-0.2, 0) is 0 Å². The SMILES string of the molecule is C=C([B]C)C(C)CC(CC)CN(C)C(C)C(=C)CC.C=C([B]CC)C(C)CC(CC)CN(C)C(C)C(=C)C. The highest BCUT2D eigenvalue weighted by Crippen LogP contribution is 2.24. The molecule has 0 amide bonds. The summed E-state index contributed by atoms with van der Waals surface area (Å²) < 4.78 is 0. The fourth-order valence-corrected chi connectivity index (χ4v) is 4.91. The van der Waals surface area contributed by atoms with Crippen LogP contribution in [0.2, 0.25) is 13.1 Å². The smallest absolute Gasteiger partial charge is 0.145 e. The molecule has 0 saturated heterocycles. The Hall–Kier alpha value is -0.990. The van der Waals surface area contributed by atoms with E-state index >= 15 is 0 Å². The molecule has 6 atom stereocenters. The van der Waals surface area contributed by atoms with Crippen LogP contribution in [-0.4, -0.2) is 63.6 Å². The Kier molecular flexibility index (Phi) is 22.4. The molecule has 6 unspecified atom stereocenters. The molecule has 0 aliphatic rings. The summed E-state index contributed by atoms with van der Waals surface area (Å²) in [6.45, 7) is 41.1. The Morgan fingerprint density at radius 2 is 1.13 bits per heavy atom. The van der Waals surface area contributed by atoms with Crippen LogP contribution in [0.1, 0.15) is 94.4 Å². The molecule has 0 spiro atoms. The van der Waals surface area contributed by atoms with Crippen molar-refractivity contribution in [3.05, 3.63) is 48.4 Å². The van der Waals surface area contributed by atoms with Gasteiger partial charge in [-0.3, -0.25) is 9.80 Å². The third-order valence-corrected chi connectivity index (χ3v) is 8.80. The molecule has 0 aliphatic heterocycles. The molecule has 0 bridgehead atoms. The van der Waals surface area contributed by atoms with Crippen molar-refractivity contribution in [2.75, 3.05) is 27.2 Å². The molecule has 38 heavy (non-hydrogen) atoms. The second kappa shape index (κ2) is 21.8. The van der Waals surface area contributed by atoms with Gasteiger partial charge in [-0.2, -0.15) is 0 Å². The van der Waals surface area contributed by atoms with E-state index in [9.17, 15) is 0 Å². The Bertz CT molecular complexity index is 684. The van der Waals surface area contributed by atoms with E-state index in [-0.39, 0.29) is 0 Å². The molecule has 0 N–H and O–H groups in total. The van der Waals surface area contributed by atoms with Gasteiger partial charge in [-0.1, -0.05) is 91.8 Å². The van der Waals surface area contributed by atoms with E-state index in [4.69, 9.17) is 0 Å². The molecule has 4 heteroatoms. The van der Waals surface area contributed by atoms with Gasteiger partial charge in [0.1, 0.15) is 14.6 Å². The Morgan fingerprint density at radius 3 is 1.47 bits per heavy atom. The Labute approximate surface area is 243 Å². The number of hydrogen-bond acceptors (Lipinski definition) is 2. The molecule has 0 rings (SSSR count). The molecule has 0 fully saturated rings. The average molecular weight is 525 g/mol. The van der Waals surface area contributed by atoms with Crippen LogP contribution < -0.4 is 0 Å². The second-order valence-corrected chi connectivity index (χ2v) is 12.0. The van der Waals surface area contributed by atoms with E-state index in [0.717, 1.165) is 37.7 Å². The van der Waals surface area contributed by atoms with Crippen molar-refractivity contribution in [3.63, 3.8) is 0 Å². The van der Waals surface area contributed by atoms with Crippen molar-refractivity contribution in [2.45, 2.75) is 120 Å². The Morgan fingerprint density at radius 1 is 0.711 bits per heavy atom. The molecule has 0 aromatic carbocycles. The molecule has 0 aromatic heterocycles. The van der Waals surface area contributed by atoms with Gasteiger partial charge in [-0.25, -0.2) is 0 Å². The van der Waals surface area contributed by atoms with Gasteiger partial charge >= 0.3 is 0 Å². The topological polar surface area (TPSA) is 6.48 Å². The molecule has 0 heterocycles. The van der Waals surface area contributed by atoms with Gasteiger partial charge in [0.15, 0.2) is 0 Å². The first-order chi connectivity index (χ1) is 17.7. The van der Waals surface area contributed by atoms with Crippen molar-refractivity contribution < 1.29 is 0 Å². The van der Waals surface area contributed by atoms with Gasteiger partial charge < -0.3 is 0 Å². The van der Waals surface area contributed by atoms with Crippen molar-refractivity contribution >= 4 is 14.6 Å². The maximum absolute atomic E-state index is 4.19. The highest BCUT2D eigenvalue weighted by molar-refractivity contribution is 6.45. The summed E-state index contributed by atoms with van der Waals surface area (Å²) >= 11 is 0. The van der Waals surface area contributed by atoms with E-state index in [0.29, 0.717) is 23.9 Å². The minimum atomic E-state index is 0.467. The van der Waals surface area contributed by atoms with Crippen molar-refractivity contribution in [3.8, 4) is 0 Å². The highest BCUT2D eigenvalue weighted by Gasteiger charge is 2.20. The monoisotopic (exact) mass is 525 g/mol. The average Bonchev–Trinajstić information content (AvgIpc) is 2.90. The maximum Gasteiger partial charge on any atom is 0.145 e. The quantitative estimate of drug-likeness (QED) is 0.116.